The van der Waals surface area contributed by atoms with Gasteiger partial charge in [0.1, 0.15) is 5.82 Å². The Bertz CT molecular complexity index is 1230. The monoisotopic (exact) mass is 446 g/mol. The molecule has 3 aromatic rings. The fourth-order valence-corrected chi connectivity index (χ4v) is 5.00. The third-order valence-corrected chi connectivity index (χ3v) is 6.99. The molecule has 1 fully saturated rings. The summed E-state index contributed by atoms with van der Waals surface area (Å²) in [6.07, 6.45) is -0.467. The molecule has 1 N–H and O–H groups in total. The zero-order chi connectivity index (χ0) is 22.0. The molecule has 1 aromatic heterocycles. The molecule has 0 saturated carbocycles. The molecule has 164 valence electrons. The SMILES string of the molecule is Cc1ccc2[nH]c(=O)c(CN(C[C@@H]3COCCO3)S(=O)(=O)c3ccc(F)cc3)cc2c1. The standard InChI is InChI=1S/C22H23FN2O5S/c1-15-2-7-21-16(10-15)11-17(22(26)24-21)12-25(13-19-14-29-8-9-30-19)31(27,28)20-5-3-18(23)4-6-20/h2-7,10-11,19H,8-9,12-14H2,1H3,(H,24,26)/t19-/m1/s1. The maximum atomic E-state index is 13.3. The van der Waals surface area contributed by atoms with Gasteiger partial charge in [-0.05, 0) is 54.8 Å². The number of halogens is 1. The molecule has 7 nitrogen and oxygen atoms in total. The zero-order valence-electron chi connectivity index (χ0n) is 17.0. The molecular weight excluding hydrogens is 423 g/mol. The lowest BCUT2D eigenvalue weighted by atomic mass is 10.1. The van der Waals surface area contributed by atoms with Crippen LogP contribution in [0.1, 0.15) is 11.1 Å². The second-order valence-electron chi connectivity index (χ2n) is 7.53. The Balaban J connectivity index is 1.72. The summed E-state index contributed by atoms with van der Waals surface area (Å²) in [7, 11) is -4.02. The van der Waals surface area contributed by atoms with Gasteiger partial charge in [0.2, 0.25) is 10.0 Å². The number of ether oxygens (including phenoxy) is 2. The first kappa shape index (κ1) is 21.6. The lowest BCUT2D eigenvalue weighted by Crippen LogP contribution is -2.43. The quantitative estimate of drug-likeness (QED) is 0.629. The van der Waals surface area contributed by atoms with Crippen molar-refractivity contribution in [3.8, 4) is 0 Å². The molecule has 0 amide bonds. The maximum absolute atomic E-state index is 13.3. The van der Waals surface area contributed by atoms with Crippen molar-refractivity contribution >= 4 is 20.9 Å². The molecule has 1 aliphatic heterocycles. The average Bonchev–Trinajstić information content (AvgIpc) is 2.75. The Morgan fingerprint density at radius 1 is 1.13 bits per heavy atom. The molecule has 0 spiro atoms. The predicted octanol–water partition coefficient (Wildman–Crippen LogP) is 2.58. The van der Waals surface area contributed by atoms with Crippen LogP contribution in [0.15, 0.2) is 58.2 Å². The van der Waals surface area contributed by atoms with Gasteiger partial charge in [0, 0.05) is 24.2 Å². The molecule has 0 radical (unpaired) electrons. The van der Waals surface area contributed by atoms with Gasteiger partial charge in [-0.15, -0.1) is 0 Å². The summed E-state index contributed by atoms with van der Waals surface area (Å²) in [5.74, 6) is -0.532. The number of aryl methyl sites for hydroxylation is 1. The van der Waals surface area contributed by atoms with Crippen molar-refractivity contribution in [2.75, 3.05) is 26.4 Å². The Hall–Kier alpha value is -2.59. The van der Waals surface area contributed by atoms with Gasteiger partial charge in [-0.25, -0.2) is 12.8 Å². The molecule has 2 aromatic carbocycles. The molecule has 0 aliphatic carbocycles. The third kappa shape index (κ3) is 4.85. The van der Waals surface area contributed by atoms with Crippen LogP contribution in [0, 0.1) is 12.7 Å². The van der Waals surface area contributed by atoms with E-state index in [9.17, 15) is 17.6 Å². The van der Waals surface area contributed by atoms with Crippen LogP contribution < -0.4 is 5.56 Å². The Kier molecular flexibility index (Phi) is 6.19. The van der Waals surface area contributed by atoms with Crippen molar-refractivity contribution in [2.24, 2.45) is 0 Å². The van der Waals surface area contributed by atoms with Gasteiger partial charge in [-0.3, -0.25) is 4.79 Å². The van der Waals surface area contributed by atoms with Crippen LogP contribution in [0.3, 0.4) is 0 Å². The maximum Gasteiger partial charge on any atom is 0.252 e. The fraction of sp³-hybridized carbons (Fsp3) is 0.318. The van der Waals surface area contributed by atoms with E-state index >= 15 is 0 Å². The average molecular weight is 447 g/mol. The lowest BCUT2D eigenvalue weighted by Gasteiger charge is -2.29. The summed E-state index contributed by atoms with van der Waals surface area (Å²) >= 11 is 0. The van der Waals surface area contributed by atoms with Crippen LogP contribution >= 0.6 is 0 Å². The Morgan fingerprint density at radius 2 is 1.90 bits per heavy atom. The van der Waals surface area contributed by atoms with E-state index in [1.165, 1.54) is 16.4 Å². The van der Waals surface area contributed by atoms with Gasteiger partial charge in [-0.1, -0.05) is 11.6 Å². The highest BCUT2D eigenvalue weighted by molar-refractivity contribution is 7.89. The van der Waals surface area contributed by atoms with E-state index < -0.39 is 21.9 Å². The van der Waals surface area contributed by atoms with Crippen molar-refractivity contribution in [1.29, 1.82) is 0 Å². The number of hydrogen-bond acceptors (Lipinski definition) is 5. The molecule has 4 rings (SSSR count). The number of aromatic amines is 1. The van der Waals surface area contributed by atoms with Crippen LogP contribution in [-0.2, 0) is 26.0 Å². The Morgan fingerprint density at radius 3 is 2.61 bits per heavy atom. The highest BCUT2D eigenvalue weighted by atomic mass is 32.2. The second kappa shape index (κ2) is 8.88. The number of rotatable bonds is 6. The molecular formula is C22H23FN2O5S. The van der Waals surface area contributed by atoms with E-state index in [-0.39, 0.29) is 30.2 Å². The summed E-state index contributed by atoms with van der Waals surface area (Å²) in [5.41, 5.74) is 1.64. The number of H-pyrrole nitrogens is 1. The van der Waals surface area contributed by atoms with Crippen LogP contribution in [0.4, 0.5) is 4.39 Å². The molecule has 9 heteroatoms. The second-order valence-corrected chi connectivity index (χ2v) is 9.47. The largest absolute Gasteiger partial charge is 0.376 e. The van der Waals surface area contributed by atoms with E-state index in [0.29, 0.717) is 24.3 Å². The molecule has 1 atom stereocenters. The number of hydrogen-bond donors (Lipinski definition) is 1. The van der Waals surface area contributed by atoms with Crippen molar-refractivity contribution in [3.05, 3.63) is 75.8 Å². The van der Waals surface area contributed by atoms with Crippen LogP contribution in [-0.4, -0.2) is 50.2 Å². The minimum atomic E-state index is -4.02. The minimum Gasteiger partial charge on any atom is -0.376 e. The van der Waals surface area contributed by atoms with Crippen LogP contribution in [0.2, 0.25) is 0 Å². The van der Waals surface area contributed by atoms with Crippen molar-refractivity contribution < 1.29 is 22.3 Å². The smallest absolute Gasteiger partial charge is 0.252 e. The van der Waals surface area contributed by atoms with E-state index in [1.54, 1.807) is 6.07 Å². The molecule has 1 saturated heterocycles. The number of sulfonamides is 1. The summed E-state index contributed by atoms with van der Waals surface area (Å²) in [6, 6.07) is 11.9. The fourth-order valence-electron chi connectivity index (χ4n) is 3.55. The van der Waals surface area contributed by atoms with Gasteiger partial charge < -0.3 is 14.5 Å². The number of pyridine rings is 1. The van der Waals surface area contributed by atoms with Crippen LogP contribution in [0.25, 0.3) is 10.9 Å². The summed E-state index contributed by atoms with van der Waals surface area (Å²) in [6.45, 7) is 2.86. The molecule has 31 heavy (non-hydrogen) atoms. The first-order chi connectivity index (χ1) is 14.8. The third-order valence-electron chi connectivity index (χ3n) is 5.17. The molecule has 2 heterocycles. The van der Waals surface area contributed by atoms with E-state index in [0.717, 1.165) is 23.1 Å². The van der Waals surface area contributed by atoms with Crippen molar-refractivity contribution in [2.45, 2.75) is 24.5 Å². The molecule has 0 bridgehead atoms. The predicted molar refractivity (Wildman–Crippen MR) is 114 cm³/mol. The van der Waals surface area contributed by atoms with Crippen LogP contribution in [0.5, 0.6) is 0 Å². The molecule has 0 unspecified atom stereocenters. The lowest BCUT2D eigenvalue weighted by molar-refractivity contribution is -0.0923. The van der Waals surface area contributed by atoms with Gasteiger partial charge in [0.15, 0.2) is 0 Å². The van der Waals surface area contributed by atoms with E-state index in [1.807, 2.05) is 25.1 Å². The van der Waals surface area contributed by atoms with E-state index in [4.69, 9.17) is 9.47 Å². The minimum absolute atomic E-state index is 0.00496. The number of benzene rings is 2. The van der Waals surface area contributed by atoms with Gasteiger partial charge in [-0.2, -0.15) is 4.31 Å². The van der Waals surface area contributed by atoms with Gasteiger partial charge in [0.05, 0.1) is 30.8 Å². The van der Waals surface area contributed by atoms with E-state index in [2.05, 4.69) is 4.98 Å². The van der Waals surface area contributed by atoms with Gasteiger partial charge in [0.25, 0.3) is 5.56 Å². The summed E-state index contributed by atoms with van der Waals surface area (Å²) < 4.78 is 52.2. The Labute approximate surface area is 179 Å². The number of aromatic nitrogens is 1. The number of fused-ring (bicyclic) bond motifs is 1. The van der Waals surface area contributed by atoms with Crippen molar-refractivity contribution in [3.63, 3.8) is 0 Å². The topological polar surface area (TPSA) is 88.7 Å². The first-order valence-electron chi connectivity index (χ1n) is 9.90. The summed E-state index contributed by atoms with van der Waals surface area (Å²) in [5, 5.41) is 0.811. The molecule has 1 aliphatic rings. The highest BCUT2D eigenvalue weighted by Crippen LogP contribution is 2.21. The zero-order valence-corrected chi connectivity index (χ0v) is 17.8. The van der Waals surface area contributed by atoms with Gasteiger partial charge >= 0.3 is 0 Å². The normalized spacial score (nSPS) is 17.3. The first-order valence-corrected chi connectivity index (χ1v) is 11.3. The van der Waals surface area contributed by atoms with Crippen molar-refractivity contribution in [1.82, 2.24) is 9.29 Å². The summed E-state index contributed by atoms with van der Waals surface area (Å²) in [4.78, 5) is 15.4. The highest BCUT2D eigenvalue weighted by Gasteiger charge is 2.29. The number of nitrogens with one attached hydrogen (secondary N) is 1. The number of nitrogens with zero attached hydrogens (tertiary/aromatic N) is 1.